The first-order chi connectivity index (χ1) is 8.65. The highest BCUT2D eigenvalue weighted by Crippen LogP contribution is 2.18. The summed E-state index contributed by atoms with van der Waals surface area (Å²) in [5.74, 6) is 9.41. The number of nitrogen functional groups attached to an aromatic ring is 2. The number of hydrogen-bond acceptors (Lipinski definition) is 4. The van der Waals surface area contributed by atoms with Crippen LogP contribution < -0.4 is 22.5 Å². The van der Waals surface area contributed by atoms with Gasteiger partial charge in [0.15, 0.2) is 0 Å². The van der Waals surface area contributed by atoms with E-state index in [-0.39, 0.29) is 11.8 Å². The standard InChI is InChI=1S/C12H12N4O2/c13-15-11(17)9-3-1-7-5-10(12(18)16-14)4-2-8(7)6-9/h1-6H,13-14H2,(H,15,17)(H,16,18). The number of fused-ring (bicyclic) bond motifs is 1. The van der Waals surface area contributed by atoms with Crippen LogP contribution in [0.1, 0.15) is 20.7 Å². The monoisotopic (exact) mass is 244 g/mol. The van der Waals surface area contributed by atoms with Crippen LogP contribution in [0, 0.1) is 0 Å². The van der Waals surface area contributed by atoms with Crippen LogP contribution >= 0.6 is 0 Å². The van der Waals surface area contributed by atoms with Gasteiger partial charge in [-0.2, -0.15) is 0 Å². The molecule has 2 aromatic rings. The SMILES string of the molecule is NNC(=O)c1ccc2cc(C(=O)NN)ccc2c1. The minimum Gasteiger partial charge on any atom is -0.290 e. The molecule has 92 valence electrons. The maximum Gasteiger partial charge on any atom is 0.265 e. The van der Waals surface area contributed by atoms with E-state index in [0.717, 1.165) is 10.8 Å². The predicted octanol–water partition coefficient (Wildman–Crippen LogP) is 0.0468. The van der Waals surface area contributed by atoms with Crippen molar-refractivity contribution in [3.8, 4) is 0 Å². The summed E-state index contributed by atoms with van der Waals surface area (Å²) in [5, 5.41) is 1.68. The summed E-state index contributed by atoms with van der Waals surface area (Å²) in [4.78, 5) is 22.7. The summed E-state index contributed by atoms with van der Waals surface area (Å²) in [7, 11) is 0. The second-order valence-electron chi connectivity index (χ2n) is 3.72. The molecule has 0 fully saturated rings. The Morgan fingerprint density at radius 1 is 0.778 bits per heavy atom. The first-order valence-corrected chi connectivity index (χ1v) is 5.21. The molecule has 0 aromatic heterocycles. The molecule has 6 N–H and O–H groups in total. The molecule has 0 aliphatic rings. The molecule has 0 bridgehead atoms. The molecule has 0 aliphatic heterocycles. The fourth-order valence-corrected chi connectivity index (χ4v) is 1.69. The van der Waals surface area contributed by atoms with Gasteiger partial charge >= 0.3 is 0 Å². The zero-order chi connectivity index (χ0) is 13.1. The van der Waals surface area contributed by atoms with E-state index in [1.165, 1.54) is 0 Å². The number of carbonyl (C=O) groups excluding carboxylic acids is 2. The van der Waals surface area contributed by atoms with E-state index in [1.54, 1.807) is 36.4 Å². The third kappa shape index (κ3) is 2.15. The van der Waals surface area contributed by atoms with E-state index < -0.39 is 0 Å². The first kappa shape index (κ1) is 12.0. The second-order valence-corrected chi connectivity index (χ2v) is 3.72. The van der Waals surface area contributed by atoms with Gasteiger partial charge in [-0.05, 0) is 35.0 Å². The smallest absolute Gasteiger partial charge is 0.265 e. The Morgan fingerprint density at radius 3 is 1.50 bits per heavy atom. The minimum absolute atomic E-state index is 0.360. The van der Waals surface area contributed by atoms with Gasteiger partial charge in [-0.25, -0.2) is 11.7 Å². The average Bonchev–Trinajstić information content (AvgIpc) is 2.44. The van der Waals surface area contributed by atoms with Crippen molar-refractivity contribution in [2.75, 3.05) is 0 Å². The van der Waals surface area contributed by atoms with Gasteiger partial charge in [-0.3, -0.25) is 20.4 Å². The Balaban J connectivity index is 2.48. The third-order valence-electron chi connectivity index (χ3n) is 2.63. The van der Waals surface area contributed by atoms with E-state index in [4.69, 9.17) is 11.7 Å². The molecule has 6 heteroatoms. The summed E-state index contributed by atoms with van der Waals surface area (Å²) in [6.45, 7) is 0. The van der Waals surface area contributed by atoms with Crippen molar-refractivity contribution in [2.45, 2.75) is 0 Å². The Hall–Kier alpha value is -2.44. The normalized spacial score (nSPS) is 10.1. The molecular weight excluding hydrogens is 232 g/mol. The second kappa shape index (κ2) is 4.82. The van der Waals surface area contributed by atoms with Gasteiger partial charge in [-0.1, -0.05) is 12.1 Å². The maximum absolute atomic E-state index is 11.4. The lowest BCUT2D eigenvalue weighted by Crippen LogP contribution is -2.30. The molecular formula is C12H12N4O2. The lowest BCUT2D eigenvalue weighted by atomic mass is 10.0. The molecule has 2 aromatic carbocycles. The molecule has 0 saturated heterocycles. The van der Waals surface area contributed by atoms with Crippen molar-refractivity contribution in [1.82, 2.24) is 10.9 Å². The summed E-state index contributed by atoms with van der Waals surface area (Å²) in [5.41, 5.74) is 5.05. The van der Waals surface area contributed by atoms with E-state index in [1.807, 2.05) is 0 Å². The lowest BCUT2D eigenvalue weighted by Gasteiger charge is -2.04. The quantitative estimate of drug-likeness (QED) is 0.340. The Labute approximate surface area is 103 Å². The van der Waals surface area contributed by atoms with Gasteiger partial charge in [0.05, 0.1) is 0 Å². The van der Waals surface area contributed by atoms with Crippen LogP contribution in [0.5, 0.6) is 0 Å². The summed E-state index contributed by atoms with van der Waals surface area (Å²) in [6.07, 6.45) is 0. The summed E-state index contributed by atoms with van der Waals surface area (Å²) >= 11 is 0. The molecule has 18 heavy (non-hydrogen) atoms. The number of hydrogen-bond donors (Lipinski definition) is 4. The summed E-state index contributed by atoms with van der Waals surface area (Å²) < 4.78 is 0. The largest absolute Gasteiger partial charge is 0.290 e. The highest BCUT2D eigenvalue weighted by Gasteiger charge is 2.07. The van der Waals surface area contributed by atoms with Crippen LogP contribution in [0.25, 0.3) is 10.8 Å². The number of nitrogens with one attached hydrogen (secondary N) is 2. The van der Waals surface area contributed by atoms with Crippen LogP contribution in [-0.2, 0) is 0 Å². The number of hydrazine groups is 2. The van der Waals surface area contributed by atoms with E-state index >= 15 is 0 Å². The molecule has 0 unspecified atom stereocenters. The Bertz CT molecular complexity index is 569. The van der Waals surface area contributed by atoms with Crippen LogP contribution in [0.3, 0.4) is 0 Å². The van der Waals surface area contributed by atoms with Gasteiger partial charge in [0, 0.05) is 11.1 Å². The van der Waals surface area contributed by atoms with Crippen molar-refractivity contribution in [1.29, 1.82) is 0 Å². The zero-order valence-corrected chi connectivity index (χ0v) is 9.44. The number of nitrogens with two attached hydrogens (primary N) is 2. The number of rotatable bonds is 2. The van der Waals surface area contributed by atoms with Crippen LogP contribution in [0.2, 0.25) is 0 Å². The fraction of sp³-hybridized carbons (Fsp3) is 0. The lowest BCUT2D eigenvalue weighted by molar-refractivity contribution is 0.0945. The Morgan fingerprint density at radius 2 is 1.17 bits per heavy atom. The van der Waals surface area contributed by atoms with Gasteiger partial charge in [0.25, 0.3) is 11.8 Å². The van der Waals surface area contributed by atoms with Gasteiger partial charge in [0.1, 0.15) is 0 Å². The average molecular weight is 244 g/mol. The fourth-order valence-electron chi connectivity index (χ4n) is 1.69. The van der Waals surface area contributed by atoms with Crippen LogP contribution in [-0.4, -0.2) is 11.8 Å². The zero-order valence-electron chi connectivity index (χ0n) is 9.44. The van der Waals surface area contributed by atoms with Crippen molar-refractivity contribution in [3.63, 3.8) is 0 Å². The topological polar surface area (TPSA) is 110 Å². The van der Waals surface area contributed by atoms with Gasteiger partial charge in [-0.15, -0.1) is 0 Å². The van der Waals surface area contributed by atoms with Gasteiger partial charge < -0.3 is 0 Å². The molecule has 0 atom stereocenters. The molecule has 0 saturated carbocycles. The summed E-state index contributed by atoms with van der Waals surface area (Å²) in [6, 6.07) is 10.1. The third-order valence-corrected chi connectivity index (χ3v) is 2.63. The minimum atomic E-state index is -0.360. The van der Waals surface area contributed by atoms with Gasteiger partial charge in [0.2, 0.25) is 0 Å². The Kier molecular flexibility index (Phi) is 3.22. The number of benzene rings is 2. The van der Waals surface area contributed by atoms with Crippen molar-refractivity contribution in [3.05, 3.63) is 47.5 Å². The molecule has 6 nitrogen and oxygen atoms in total. The first-order valence-electron chi connectivity index (χ1n) is 5.21. The molecule has 2 rings (SSSR count). The molecule has 0 spiro atoms. The van der Waals surface area contributed by atoms with E-state index in [2.05, 4.69) is 10.9 Å². The van der Waals surface area contributed by atoms with Crippen LogP contribution in [0.4, 0.5) is 0 Å². The van der Waals surface area contributed by atoms with E-state index in [9.17, 15) is 9.59 Å². The van der Waals surface area contributed by atoms with Crippen molar-refractivity contribution >= 4 is 22.6 Å². The highest BCUT2D eigenvalue weighted by molar-refractivity contribution is 6.01. The maximum atomic E-state index is 11.4. The van der Waals surface area contributed by atoms with E-state index in [0.29, 0.717) is 11.1 Å². The molecule has 0 aliphatic carbocycles. The number of carbonyl (C=O) groups is 2. The molecule has 0 radical (unpaired) electrons. The highest BCUT2D eigenvalue weighted by atomic mass is 16.2. The van der Waals surface area contributed by atoms with Crippen molar-refractivity contribution in [2.24, 2.45) is 11.7 Å². The van der Waals surface area contributed by atoms with Crippen molar-refractivity contribution < 1.29 is 9.59 Å². The number of amides is 2. The molecule has 0 heterocycles. The van der Waals surface area contributed by atoms with Crippen LogP contribution in [0.15, 0.2) is 36.4 Å². The molecule has 2 amide bonds. The predicted molar refractivity (Wildman–Crippen MR) is 67.3 cm³/mol.